The summed E-state index contributed by atoms with van der Waals surface area (Å²) in [5.41, 5.74) is 2.70. The van der Waals surface area contributed by atoms with Crippen LogP contribution in [0.5, 0.6) is 0 Å². The molecule has 0 aliphatic heterocycles. The molecule has 0 atom stereocenters. The number of rotatable bonds is 10. The maximum absolute atomic E-state index is 12.5. The van der Waals surface area contributed by atoms with Crippen molar-refractivity contribution in [1.29, 1.82) is 0 Å². The Kier molecular flexibility index (Phi) is 9.97. The van der Waals surface area contributed by atoms with Gasteiger partial charge in [-0.25, -0.2) is 9.59 Å². The van der Waals surface area contributed by atoms with Crippen LogP contribution in [0.4, 0.5) is 15.3 Å². The molecule has 0 aliphatic carbocycles. The smallest absolute Gasteiger partial charge is 0.411 e. The van der Waals surface area contributed by atoms with Gasteiger partial charge in [-0.2, -0.15) is 0 Å². The molecule has 0 spiro atoms. The molecule has 0 saturated carbocycles. The second-order valence-electron chi connectivity index (χ2n) is 6.65. The van der Waals surface area contributed by atoms with Crippen molar-refractivity contribution < 1.29 is 14.3 Å². The Morgan fingerprint density at radius 3 is 2.47 bits per heavy atom. The number of ether oxygens (including phenoxy) is 1. The first-order valence-corrected chi connectivity index (χ1v) is 10.3. The number of halogens is 1. The van der Waals surface area contributed by atoms with Crippen molar-refractivity contribution in [2.45, 2.75) is 19.9 Å². The Balaban J connectivity index is 1.80. The Labute approximate surface area is 182 Å². The van der Waals surface area contributed by atoms with Crippen molar-refractivity contribution in [3.63, 3.8) is 0 Å². The summed E-state index contributed by atoms with van der Waals surface area (Å²) in [5, 5.41) is 9.16. The topological polar surface area (TPSA) is 82.7 Å². The first-order chi connectivity index (χ1) is 14.5. The molecule has 0 aliphatic rings. The molecular formula is C22H29ClN4O3. The van der Waals surface area contributed by atoms with E-state index >= 15 is 0 Å². The highest BCUT2D eigenvalue weighted by atomic mass is 35.5. The molecule has 2 aromatic rings. The van der Waals surface area contributed by atoms with Crippen LogP contribution in [0, 0.1) is 0 Å². The van der Waals surface area contributed by atoms with Crippen LogP contribution in [0.25, 0.3) is 0 Å². The molecule has 3 N–H and O–H groups in total. The van der Waals surface area contributed by atoms with E-state index in [1.54, 1.807) is 11.0 Å². The number of hydrogen-bond donors (Lipinski definition) is 3. The van der Waals surface area contributed by atoms with Gasteiger partial charge in [-0.15, -0.1) is 0 Å². The minimum absolute atomic E-state index is 0.0854. The fourth-order valence-corrected chi connectivity index (χ4v) is 2.91. The van der Waals surface area contributed by atoms with Gasteiger partial charge in [0.05, 0.1) is 6.54 Å². The lowest BCUT2D eigenvalue weighted by Gasteiger charge is -2.23. The highest BCUT2D eigenvalue weighted by molar-refractivity contribution is 6.31. The van der Waals surface area contributed by atoms with Crippen LogP contribution in [0.3, 0.4) is 0 Å². The maximum Gasteiger partial charge on any atom is 0.411 e. The van der Waals surface area contributed by atoms with Crippen LogP contribution < -0.4 is 16.0 Å². The van der Waals surface area contributed by atoms with Gasteiger partial charge in [0, 0.05) is 30.3 Å². The van der Waals surface area contributed by atoms with Crippen molar-refractivity contribution >= 4 is 29.4 Å². The molecule has 3 amide bonds. The van der Waals surface area contributed by atoms with Gasteiger partial charge < -0.3 is 20.3 Å². The maximum atomic E-state index is 12.5. The lowest BCUT2D eigenvalue weighted by atomic mass is 10.1. The second-order valence-corrected chi connectivity index (χ2v) is 7.06. The fourth-order valence-electron chi connectivity index (χ4n) is 2.71. The third-order valence-electron chi connectivity index (χ3n) is 4.51. The number of amides is 3. The summed E-state index contributed by atoms with van der Waals surface area (Å²) < 4.78 is 5.23. The molecule has 7 nitrogen and oxygen atoms in total. The van der Waals surface area contributed by atoms with E-state index in [-0.39, 0.29) is 19.2 Å². The normalized spacial score (nSPS) is 10.4. The van der Waals surface area contributed by atoms with Gasteiger partial charge >= 0.3 is 12.1 Å². The zero-order chi connectivity index (χ0) is 21.8. The number of nitrogens with zero attached hydrogens (tertiary/aromatic N) is 1. The summed E-state index contributed by atoms with van der Waals surface area (Å²) in [4.78, 5) is 26.1. The van der Waals surface area contributed by atoms with Gasteiger partial charge in [-0.3, -0.25) is 5.32 Å². The SMILES string of the molecule is CCc1ccc(NC(=O)OCCN(CCNC)C(=O)NCc2ccccc2Cl)cc1. The molecule has 0 radical (unpaired) electrons. The van der Waals surface area contributed by atoms with Crippen molar-refractivity contribution in [2.24, 2.45) is 0 Å². The molecule has 0 bridgehead atoms. The van der Waals surface area contributed by atoms with E-state index < -0.39 is 6.09 Å². The number of carbonyl (C=O) groups is 2. The predicted octanol–water partition coefficient (Wildman–Crippen LogP) is 3.88. The first-order valence-electron chi connectivity index (χ1n) is 9.97. The lowest BCUT2D eigenvalue weighted by molar-refractivity contribution is 0.141. The number of benzene rings is 2. The summed E-state index contributed by atoms with van der Waals surface area (Å²) in [6.07, 6.45) is 0.385. The molecule has 162 valence electrons. The highest BCUT2D eigenvalue weighted by Crippen LogP contribution is 2.14. The number of urea groups is 1. The summed E-state index contributed by atoms with van der Waals surface area (Å²) in [5.74, 6) is 0. The third kappa shape index (κ3) is 7.93. The summed E-state index contributed by atoms with van der Waals surface area (Å²) in [6.45, 7) is 3.86. The molecule has 0 unspecified atom stereocenters. The molecule has 0 fully saturated rings. The van der Waals surface area contributed by atoms with E-state index in [0.717, 1.165) is 12.0 Å². The Hall–Kier alpha value is -2.77. The molecule has 0 saturated heterocycles. The lowest BCUT2D eigenvalue weighted by Crippen LogP contribution is -2.44. The van der Waals surface area contributed by atoms with Gasteiger partial charge in [-0.1, -0.05) is 48.9 Å². The molecule has 2 rings (SSSR count). The largest absolute Gasteiger partial charge is 0.447 e. The first kappa shape index (κ1) is 23.5. The van der Waals surface area contributed by atoms with E-state index in [4.69, 9.17) is 16.3 Å². The zero-order valence-electron chi connectivity index (χ0n) is 17.4. The molecule has 0 heterocycles. The number of carbonyl (C=O) groups excluding carboxylic acids is 2. The quantitative estimate of drug-likeness (QED) is 0.532. The summed E-state index contributed by atoms with van der Waals surface area (Å²) in [6, 6.07) is 14.7. The summed E-state index contributed by atoms with van der Waals surface area (Å²) >= 11 is 6.13. The average Bonchev–Trinajstić information content (AvgIpc) is 2.75. The Bertz CT molecular complexity index is 814. The average molecular weight is 433 g/mol. The number of likely N-dealkylation sites (N-methyl/N-ethyl adjacent to an activating group) is 1. The van der Waals surface area contributed by atoms with Gasteiger partial charge in [0.1, 0.15) is 6.61 Å². The molecule has 2 aromatic carbocycles. The monoisotopic (exact) mass is 432 g/mol. The predicted molar refractivity (Wildman–Crippen MR) is 120 cm³/mol. The van der Waals surface area contributed by atoms with Gasteiger partial charge in [0.15, 0.2) is 0 Å². The minimum Gasteiger partial charge on any atom is -0.447 e. The zero-order valence-corrected chi connectivity index (χ0v) is 18.2. The van der Waals surface area contributed by atoms with E-state index in [0.29, 0.717) is 30.3 Å². The van der Waals surface area contributed by atoms with Crippen molar-refractivity contribution in [1.82, 2.24) is 15.5 Å². The number of hydrogen-bond acceptors (Lipinski definition) is 4. The number of nitrogens with one attached hydrogen (secondary N) is 3. The molecule has 30 heavy (non-hydrogen) atoms. The van der Waals surface area contributed by atoms with E-state index in [1.165, 1.54) is 5.56 Å². The van der Waals surface area contributed by atoms with Crippen molar-refractivity contribution in [2.75, 3.05) is 38.6 Å². The standard InChI is InChI=1S/C22H29ClN4O3/c1-3-17-8-10-19(11-9-17)26-22(29)30-15-14-27(13-12-24-2)21(28)25-16-18-6-4-5-7-20(18)23/h4-11,24H,3,12-16H2,1-2H3,(H,25,28)(H,26,29). The van der Waals surface area contributed by atoms with Crippen molar-refractivity contribution in [3.05, 3.63) is 64.7 Å². The third-order valence-corrected chi connectivity index (χ3v) is 4.88. The van der Waals surface area contributed by atoms with Gasteiger partial charge in [0.25, 0.3) is 0 Å². The van der Waals surface area contributed by atoms with E-state index in [2.05, 4.69) is 22.9 Å². The van der Waals surface area contributed by atoms with Gasteiger partial charge in [0.2, 0.25) is 0 Å². The second kappa shape index (κ2) is 12.7. The highest BCUT2D eigenvalue weighted by Gasteiger charge is 2.14. The van der Waals surface area contributed by atoms with Crippen LogP contribution in [-0.4, -0.2) is 50.3 Å². The Morgan fingerprint density at radius 2 is 1.80 bits per heavy atom. The van der Waals surface area contributed by atoms with E-state index in [1.807, 2.05) is 49.5 Å². The fraction of sp³-hybridized carbons (Fsp3) is 0.364. The van der Waals surface area contributed by atoms with Crippen LogP contribution in [-0.2, 0) is 17.7 Å². The number of aryl methyl sites for hydroxylation is 1. The van der Waals surface area contributed by atoms with Crippen molar-refractivity contribution in [3.8, 4) is 0 Å². The molecular weight excluding hydrogens is 404 g/mol. The molecule has 8 heteroatoms. The summed E-state index contributed by atoms with van der Waals surface area (Å²) in [7, 11) is 1.81. The molecule has 0 aromatic heterocycles. The van der Waals surface area contributed by atoms with Crippen LogP contribution >= 0.6 is 11.6 Å². The van der Waals surface area contributed by atoms with Crippen LogP contribution in [0.15, 0.2) is 48.5 Å². The van der Waals surface area contributed by atoms with Crippen LogP contribution in [0.2, 0.25) is 5.02 Å². The number of anilines is 1. The van der Waals surface area contributed by atoms with E-state index in [9.17, 15) is 9.59 Å². The minimum atomic E-state index is -0.552. The van der Waals surface area contributed by atoms with Gasteiger partial charge in [-0.05, 0) is 42.8 Å². The van der Waals surface area contributed by atoms with Crippen LogP contribution in [0.1, 0.15) is 18.1 Å². The Morgan fingerprint density at radius 1 is 1.07 bits per heavy atom.